The number of aromatic nitrogens is 5. The molecule has 0 unspecified atom stereocenters. The van der Waals surface area contributed by atoms with Gasteiger partial charge < -0.3 is 21.1 Å². The molecule has 0 amide bonds. The van der Waals surface area contributed by atoms with Crippen LogP contribution in [0.2, 0.25) is 0 Å². The first kappa shape index (κ1) is 14.8. The van der Waals surface area contributed by atoms with E-state index in [4.69, 9.17) is 5.73 Å². The van der Waals surface area contributed by atoms with Crippen molar-refractivity contribution in [1.29, 1.82) is 0 Å². The van der Waals surface area contributed by atoms with Crippen molar-refractivity contribution in [1.82, 2.24) is 24.9 Å². The molecular weight excluding hydrogens is 306 g/mol. The zero-order chi connectivity index (χ0) is 16.5. The highest BCUT2D eigenvalue weighted by molar-refractivity contribution is 5.83. The fourth-order valence-corrected chi connectivity index (χ4v) is 3.17. The third kappa shape index (κ3) is 2.88. The van der Waals surface area contributed by atoms with Gasteiger partial charge in [0, 0.05) is 24.4 Å². The van der Waals surface area contributed by atoms with Crippen LogP contribution in [0.15, 0.2) is 30.7 Å². The predicted octanol–water partition coefficient (Wildman–Crippen LogP) is 1.12. The van der Waals surface area contributed by atoms with E-state index in [1.807, 2.05) is 18.2 Å². The standard InChI is InChI=1S/C16H19N7O/c17-16-22-14-13(19-8-20-14)15(23-16)21-12(9-5-11(24)6-9)7-10-3-1-2-4-18-10/h1-4,8-9,11-12,24H,5-7H2,(H4,17,19,20,21,22,23)/t9?,11?,12-/m0/s1. The normalized spacial score (nSPS) is 21.4. The Hall–Kier alpha value is -2.74. The number of nitrogens with zero attached hydrogens (tertiary/aromatic N) is 4. The van der Waals surface area contributed by atoms with Gasteiger partial charge in [-0.05, 0) is 30.9 Å². The summed E-state index contributed by atoms with van der Waals surface area (Å²) in [4.78, 5) is 20.0. The molecule has 8 heteroatoms. The highest BCUT2D eigenvalue weighted by Crippen LogP contribution is 2.33. The van der Waals surface area contributed by atoms with E-state index in [2.05, 4.69) is 30.2 Å². The van der Waals surface area contributed by atoms with Crippen molar-refractivity contribution in [2.45, 2.75) is 31.4 Å². The summed E-state index contributed by atoms with van der Waals surface area (Å²) in [7, 11) is 0. The van der Waals surface area contributed by atoms with Gasteiger partial charge in [0.2, 0.25) is 5.95 Å². The zero-order valence-electron chi connectivity index (χ0n) is 13.1. The summed E-state index contributed by atoms with van der Waals surface area (Å²) in [5, 5.41) is 13.1. The number of rotatable bonds is 5. The summed E-state index contributed by atoms with van der Waals surface area (Å²) in [6.45, 7) is 0. The van der Waals surface area contributed by atoms with E-state index in [-0.39, 0.29) is 18.1 Å². The van der Waals surface area contributed by atoms with Crippen molar-refractivity contribution < 1.29 is 5.11 Å². The topological polar surface area (TPSA) is 126 Å². The van der Waals surface area contributed by atoms with Gasteiger partial charge in [-0.3, -0.25) is 4.98 Å². The lowest BCUT2D eigenvalue weighted by atomic mass is 9.76. The second kappa shape index (κ2) is 6.04. The Morgan fingerprint density at radius 2 is 2.17 bits per heavy atom. The van der Waals surface area contributed by atoms with Gasteiger partial charge in [-0.25, -0.2) is 4.98 Å². The Morgan fingerprint density at radius 3 is 2.92 bits per heavy atom. The van der Waals surface area contributed by atoms with Crippen molar-refractivity contribution in [3.05, 3.63) is 36.4 Å². The molecule has 3 aromatic heterocycles. The van der Waals surface area contributed by atoms with Crippen LogP contribution in [0.25, 0.3) is 11.2 Å². The molecule has 3 heterocycles. The molecular formula is C16H19N7O. The van der Waals surface area contributed by atoms with Gasteiger partial charge in [-0.1, -0.05) is 6.07 Å². The second-order valence-corrected chi connectivity index (χ2v) is 6.19. The predicted molar refractivity (Wildman–Crippen MR) is 90.2 cm³/mol. The maximum atomic E-state index is 9.68. The number of pyridine rings is 1. The first-order chi connectivity index (χ1) is 11.7. The Bertz CT molecular complexity index is 829. The average molecular weight is 325 g/mol. The molecule has 0 aliphatic heterocycles. The van der Waals surface area contributed by atoms with Gasteiger partial charge in [0.25, 0.3) is 0 Å². The molecule has 1 saturated carbocycles. The Balaban J connectivity index is 1.62. The highest BCUT2D eigenvalue weighted by Gasteiger charge is 2.34. The number of aromatic amines is 1. The number of imidazole rings is 1. The van der Waals surface area contributed by atoms with Crippen LogP contribution >= 0.6 is 0 Å². The summed E-state index contributed by atoms with van der Waals surface area (Å²) >= 11 is 0. The molecule has 0 spiro atoms. The van der Waals surface area contributed by atoms with Gasteiger partial charge in [0.05, 0.1) is 12.4 Å². The number of nitrogens with two attached hydrogens (primary N) is 1. The number of nitrogens with one attached hydrogen (secondary N) is 2. The van der Waals surface area contributed by atoms with Crippen LogP contribution in [0.4, 0.5) is 11.8 Å². The molecule has 3 aromatic rings. The third-order valence-electron chi connectivity index (χ3n) is 4.50. The largest absolute Gasteiger partial charge is 0.393 e. The van der Waals surface area contributed by atoms with Crippen LogP contribution in [0.1, 0.15) is 18.5 Å². The van der Waals surface area contributed by atoms with E-state index in [0.717, 1.165) is 30.5 Å². The quantitative estimate of drug-likeness (QED) is 0.554. The van der Waals surface area contributed by atoms with Crippen LogP contribution in [-0.2, 0) is 6.42 Å². The molecule has 1 aliphatic rings. The number of H-pyrrole nitrogens is 1. The SMILES string of the molecule is Nc1nc(N[C@@H](Cc2ccccn2)C2CC(O)C2)c2[nH]cnc2n1. The number of nitrogen functional groups attached to an aromatic ring is 1. The molecule has 1 atom stereocenters. The summed E-state index contributed by atoms with van der Waals surface area (Å²) in [5.74, 6) is 1.18. The van der Waals surface area contributed by atoms with Crippen LogP contribution in [0, 0.1) is 5.92 Å². The minimum atomic E-state index is -0.217. The number of hydrogen-bond donors (Lipinski definition) is 4. The lowest BCUT2D eigenvalue weighted by Crippen LogP contribution is -2.42. The van der Waals surface area contributed by atoms with Gasteiger partial charge in [0.15, 0.2) is 11.5 Å². The first-order valence-corrected chi connectivity index (χ1v) is 8.00. The fraction of sp³-hybridized carbons (Fsp3) is 0.375. The number of hydrogen-bond acceptors (Lipinski definition) is 7. The number of aliphatic hydroxyl groups excluding tert-OH is 1. The molecule has 1 fully saturated rings. The van der Waals surface area contributed by atoms with Gasteiger partial charge in [-0.2, -0.15) is 9.97 Å². The number of aliphatic hydroxyl groups is 1. The van der Waals surface area contributed by atoms with E-state index in [0.29, 0.717) is 17.4 Å². The van der Waals surface area contributed by atoms with E-state index in [1.54, 1.807) is 12.5 Å². The molecule has 0 aromatic carbocycles. The number of fused-ring (bicyclic) bond motifs is 1. The van der Waals surface area contributed by atoms with Crippen molar-refractivity contribution in [2.75, 3.05) is 11.1 Å². The molecule has 1 aliphatic carbocycles. The van der Waals surface area contributed by atoms with Gasteiger partial charge in [-0.15, -0.1) is 0 Å². The van der Waals surface area contributed by atoms with Crippen molar-refractivity contribution in [3.63, 3.8) is 0 Å². The Kier molecular flexibility index (Phi) is 3.73. The van der Waals surface area contributed by atoms with Crippen LogP contribution in [-0.4, -0.2) is 42.2 Å². The minimum absolute atomic E-state index is 0.101. The molecule has 8 nitrogen and oxygen atoms in total. The molecule has 5 N–H and O–H groups in total. The van der Waals surface area contributed by atoms with E-state index in [1.165, 1.54) is 0 Å². The van der Waals surface area contributed by atoms with E-state index < -0.39 is 0 Å². The molecule has 24 heavy (non-hydrogen) atoms. The van der Waals surface area contributed by atoms with E-state index >= 15 is 0 Å². The van der Waals surface area contributed by atoms with Crippen LogP contribution in [0.5, 0.6) is 0 Å². The second-order valence-electron chi connectivity index (χ2n) is 6.19. The zero-order valence-corrected chi connectivity index (χ0v) is 13.1. The minimum Gasteiger partial charge on any atom is -0.393 e. The summed E-state index contributed by atoms with van der Waals surface area (Å²) < 4.78 is 0. The highest BCUT2D eigenvalue weighted by atomic mass is 16.3. The lowest BCUT2D eigenvalue weighted by molar-refractivity contribution is 0.0341. The van der Waals surface area contributed by atoms with Gasteiger partial charge in [0.1, 0.15) is 5.52 Å². The third-order valence-corrected chi connectivity index (χ3v) is 4.50. The first-order valence-electron chi connectivity index (χ1n) is 8.00. The molecule has 124 valence electrons. The molecule has 0 saturated heterocycles. The average Bonchev–Trinajstić information content (AvgIpc) is 3.00. The van der Waals surface area contributed by atoms with Gasteiger partial charge >= 0.3 is 0 Å². The molecule has 0 bridgehead atoms. The summed E-state index contributed by atoms with van der Waals surface area (Å²) in [6.07, 6.45) is 5.44. The van der Waals surface area contributed by atoms with E-state index in [9.17, 15) is 5.11 Å². The Labute approximate surface area is 138 Å². The smallest absolute Gasteiger partial charge is 0.224 e. The molecule has 4 rings (SSSR count). The maximum Gasteiger partial charge on any atom is 0.224 e. The fourth-order valence-electron chi connectivity index (χ4n) is 3.17. The monoisotopic (exact) mass is 325 g/mol. The summed E-state index contributed by atoms with van der Waals surface area (Å²) in [5.41, 5.74) is 8.06. The van der Waals surface area contributed by atoms with Crippen LogP contribution in [0.3, 0.4) is 0 Å². The number of anilines is 2. The summed E-state index contributed by atoms with van der Waals surface area (Å²) in [6, 6.07) is 5.98. The molecule has 0 radical (unpaired) electrons. The van der Waals surface area contributed by atoms with Crippen molar-refractivity contribution >= 4 is 22.9 Å². The van der Waals surface area contributed by atoms with Crippen molar-refractivity contribution in [3.8, 4) is 0 Å². The Morgan fingerprint density at radius 1 is 1.29 bits per heavy atom. The van der Waals surface area contributed by atoms with Crippen LogP contribution < -0.4 is 11.1 Å². The lowest BCUT2D eigenvalue weighted by Gasteiger charge is -2.38. The maximum absolute atomic E-state index is 9.68. The van der Waals surface area contributed by atoms with Crippen molar-refractivity contribution in [2.24, 2.45) is 5.92 Å².